The van der Waals surface area contributed by atoms with Crippen LogP contribution in [-0.2, 0) is 24.6 Å². The van der Waals surface area contributed by atoms with Crippen LogP contribution >= 0.6 is 11.3 Å². The number of nitrogens with one attached hydrogen (secondary N) is 1. The second-order valence-electron chi connectivity index (χ2n) is 6.66. The number of ether oxygens (including phenoxy) is 1. The molecule has 0 spiro atoms. The van der Waals surface area contributed by atoms with Gasteiger partial charge in [0.25, 0.3) is 5.91 Å². The molecule has 1 aliphatic rings. The molecule has 0 unspecified atom stereocenters. The Morgan fingerprint density at radius 3 is 2.85 bits per heavy atom. The topological polar surface area (TPSA) is 86.1 Å². The molecule has 1 aliphatic carbocycles. The number of carbonyl (C=O) groups excluding carboxylic acids is 2. The van der Waals surface area contributed by atoms with E-state index in [0.717, 1.165) is 52.9 Å². The van der Waals surface area contributed by atoms with Crippen molar-refractivity contribution < 1.29 is 14.3 Å². The van der Waals surface area contributed by atoms with Gasteiger partial charge in [-0.25, -0.2) is 9.78 Å². The highest BCUT2D eigenvalue weighted by Crippen LogP contribution is 2.38. The third-order valence-electron chi connectivity index (χ3n) is 4.91. The van der Waals surface area contributed by atoms with Crippen LogP contribution in [0.1, 0.15) is 49.7 Å². The van der Waals surface area contributed by atoms with E-state index in [0.29, 0.717) is 16.1 Å². The lowest BCUT2D eigenvalue weighted by Gasteiger charge is -2.11. The van der Waals surface area contributed by atoms with Crippen LogP contribution in [-0.4, -0.2) is 33.8 Å². The molecule has 140 valence electrons. The van der Waals surface area contributed by atoms with Crippen LogP contribution in [0.2, 0.25) is 0 Å². The molecule has 3 aromatic rings. The quantitative estimate of drug-likeness (QED) is 0.701. The lowest BCUT2D eigenvalue weighted by atomic mass is 9.95. The Morgan fingerprint density at radius 2 is 2.07 bits per heavy atom. The van der Waals surface area contributed by atoms with E-state index in [2.05, 4.69) is 15.4 Å². The van der Waals surface area contributed by atoms with Crippen molar-refractivity contribution in [1.29, 1.82) is 0 Å². The minimum absolute atomic E-state index is 0.295. The SMILES string of the molecule is COC(=O)c1c(NC(=O)c2cnc3c(c2)c(C)nn3C)sc2c1CCCC2. The second-order valence-corrected chi connectivity index (χ2v) is 7.77. The lowest BCUT2D eigenvalue weighted by Crippen LogP contribution is -2.15. The Morgan fingerprint density at radius 1 is 1.30 bits per heavy atom. The van der Waals surface area contributed by atoms with E-state index in [1.807, 2.05) is 14.0 Å². The maximum Gasteiger partial charge on any atom is 0.341 e. The van der Waals surface area contributed by atoms with Gasteiger partial charge in [-0.2, -0.15) is 5.10 Å². The van der Waals surface area contributed by atoms with Gasteiger partial charge in [-0.15, -0.1) is 11.3 Å². The molecule has 0 aromatic carbocycles. The van der Waals surface area contributed by atoms with Crippen LogP contribution in [0.5, 0.6) is 0 Å². The number of thiophene rings is 1. The van der Waals surface area contributed by atoms with Gasteiger partial charge in [0, 0.05) is 23.5 Å². The van der Waals surface area contributed by atoms with E-state index in [4.69, 9.17) is 4.74 Å². The molecule has 3 heterocycles. The van der Waals surface area contributed by atoms with Crippen LogP contribution in [0.4, 0.5) is 5.00 Å². The molecule has 8 heteroatoms. The Hall–Kier alpha value is -2.74. The van der Waals surface area contributed by atoms with Crippen molar-refractivity contribution in [2.75, 3.05) is 12.4 Å². The first-order valence-corrected chi connectivity index (χ1v) is 9.64. The third kappa shape index (κ3) is 2.99. The molecule has 0 saturated heterocycles. The summed E-state index contributed by atoms with van der Waals surface area (Å²) in [7, 11) is 3.19. The summed E-state index contributed by atoms with van der Waals surface area (Å²) in [5.74, 6) is -0.696. The third-order valence-corrected chi connectivity index (χ3v) is 6.12. The van der Waals surface area contributed by atoms with Gasteiger partial charge in [-0.1, -0.05) is 0 Å². The van der Waals surface area contributed by atoms with Gasteiger partial charge in [0.05, 0.1) is 23.9 Å². The van der Waals surface area contributed by atoms with Gasteiger partial charge in [-0.05, 0) is 44.2 Å². The molecule has 4 rings (SSSR count). The number of aryl methyl sites for hydroxylation is 3. The van der Waals surface area contributed by atoms with Gasteiger partial charge in [0.15, 0.2) is 5.65 Å². The summed E-state index contributed by atoms with van der Waals surface area (Å²) in [5, 5.41) is 8.63. The van der Waals surface area contributed by atoms with Gasteiger partial charge < -0.3 is 10.1 Å². The number of amides is 1. The number of carbonyl (C=O) groups is 2. The number of nitrogens with zero attached hydrogens (tertiary/aromatic N) is 3. The number of fused-ring (bicyclic) bond motifs is 2. The van der Waals surface area contributed by atoms with Crippen LogP contribution in [0.25, 0.3) is 11.0 Å². The summed E-state index contributed by atoms with van der Waals surface area (Å²) < 4.78 is 6.65. The van der Waals surface area contributed by atoms with Crippen LogP contribution in [0, 0.1) is 6.92 Å². The first-order chi connectivity index (χ1) is 13.0. The predicted octanol–water partition coefficient (Wildman–Crippen LogP) is 3.26. The minimum atomic E-state index is -0.401. The molecule has 1 amide bonds. The van der Waals surface area contributed by atoms with E-state index >= 15 is 0 Å². The first-order valence-electron chi connectivity index (χ1n) is 8.83. The zero-order valence-electron chi connectivity index (χ0n) is 15.5. The average molecular weight is 384 g/mol. The zero-order valence-corrected chi connectivity index (χ0v) is 16.3. The number of anilines is 1. The standard InChI is InChI=1S/C19H20N4O3S/c1-10-13-8-11(9-20-16(13)23(2)22-10)17(24)21-18-15(19(25)26-3)12-6-4-5-7-14(12)27-18/h8-9H,4-7H2,1-3H3,(H,21,24). The Bertz CT molecular complexity index is 1070. The van der Waals surface area contributed by atoms with Crippen molar-refractivity contribution >= 4 is 39.2 Å². The molecule has 0 bridgehead atoms. The largest absolute Gasteiger partial charge is 0.465 e. The molecule has 27 heavy (non-hydrogen) atoms. The van der Waals surface area contributed by atoms with Crippen molar-refractivity contribution in [3.05, 3.63) is 39.5 Å². The summed E-state index contributed by atoms with van der Waals surface area (Å²) in [4.78, 5) is 30.7. The zero-order chi connectivity index (χ0) is 19.1. The Balaban J connectivity index is 1.70. The summed E-state index contributed by atoms with van der Waals surface area (Å²) in [6, 6.07) is 1.78. The van der Waals surface area contributed by atoms with Gasteiger partial charge >= 0.3 is 5.97 Å². The van der Waals surface area contributed by atoms with Crippen LogP contribution in [0.15, 0.2) is 12.3 Å². The number of aromatic nitrogens is 3. The van der Waals surface area contributed by atoms with Crippen molar-refractivity contribution in [1.82, 2.24) is 14.8 Å². The van der Waals surface area contributed by atoms with Crippen molar-refractivity contribution in [2.45, 2.75) is 32.6 Å². The smallest absolute Gasteiger partial charge is 0.341 e. The van der Waals surface area contributed by atoms with Gasteiger partial charge in [-0.3, -0.25) is 9.48 Å². The lowest BCUT2D eigenvalue weighted by molar-refractivity contribution is 0.0601. The molecular formula is C19H20N4O3S. The van der Waals surface area contributed by atoms with Crippen molar-refractivity contribution in [3.63, 3.8) is 0 Å². The van der Waals surface area contributed by atoms with Crippen LogP contribution in [0.3, 0.4) is 0 Å². The fraction of sp³-hybridized carbons (Fsp3) is 0.368. The summed E-state index contributed by atoms with van der Waals surface area (Å²) >= 11 is 1.47. The molecule has 0 saturated carbocycles. The second kappa shape index (κ2) is 6.77. The van der Waals surface area contributed by atoms with Gasteiger partial charge in [0.2, 0.25) is 0 Å². The van der Waals surface area contributed by atoms with Crippen molar-refractivity contribution in [2.24, 2.45) is 7.05 Å². The summed E-state index contributed by atoms with van der Waals surface area (Å²) in [6.45, 7) is 1.88. The maximum absolute atomic E-state index is 12.8. The predicted molar refractivity (Wildman–Crippen MR) is 103 cm³/mol. The molecule has 0 radical (unpaired) electrons. The van der Waals surface area contributed by atoms with E-state index in [1.54, 1.807) is 10.7 Å². The van der Waals surface area contributed by atoms with Crippen molar-refractivity contribution in [3.8, 4) is 0 Å². The molecule has 0 atom stereocenters. The average Bonchev–Trinajstić information content (AvgIpc) is 3.17. The first kappa shape index (κ1) is 17.7. The van der Waals surface area contributed by atoms with Crippen LogP contribution < -0.4 is 5.32 Å². The fourth-order valence-electron chi connectivity index (χ4n) is 3.58. The minimum Gasteiger partial charge on any atom is -0.465 e. The molecule has 1 N–H and O–H groups in total. The Kier molecular flexibility index (Phi) is 4.43. The number of rotatable bonds is 3. The highest BCUT2D eigenvalue weighted by atomic mass is 32.1. The monoisotopic (exact) mass is 384 g/mol. The highest BCUT2D eigenvalue weighted by molar-refractivity contribution is 7.17. The molecule has 3 aromatic heterocycles. The van der Waals surface area contributed by atoms with E-state index < -0.39 is 5.97 Å². The molecule has 0 aliphatic heterocycles. The highest BCUT2D eigenvalue weighted by Gasteiger charge is 2.27. The van der Waals surface area contributed by atoms with E-state index in [9.17, 15) is 9.59 Å². The molecular weight excluding hydrogens is 364 g/mol. The molecule has 0 fully saturated rings. The molecule has 7 nitrogen and oxygen atoms in total. The number of esters is 1. The van der Waals surface area contributed by atoms with E-state index in [1.165, 1.54) is 24.6 Å². The normalized spacial score (nSPS) is 13.4. The number of pyridine rings is 1. The van der Waals surface area contributed by atoms with E-state index in [-0.39, 0.29) is 5.91 Å². The maximum atomic E-state index is 12.8. The number of methoxy groups -OCH3 is 1. The fourth-order valence-corrected chi connectivity index (χ4v) is 4.85. The van der Waals surface area contributed by atoms with Gasteiger partial charge in [0.1, 0.15) is 5.00 Å². The summed E-state index contributed by atoms with van der Waals surface area (Å²) in [5.41, 5.74) is 3.49. The number of hydrogen-bond donors (Lipinski definition) is 1. The summed E-state index contributed by atoms with van der Waals surface area (Å²) in [6.07, 6.45) is 5.45. The Labute approximate surface area is 160 Å². The number of hydrogen-bond acceptors (Lipinski definition) is 6.